The van der Waals surface area contributed by atoms with E-state index in [2.05, 4.69) is 10.6 Å². The zero-order chi connectivity index (χ0) is 14.9. The minimum absolute atomic E-state index is 0.0211. The van der Waals surface area contributed by atoms with Gasteiger partial charge in [0.25, 0.3) is 0 Å². The Kier molecular flexibility index (Phi) is 3.94. The molecule has 1 saturated heterocycles. The van der Waals surface area contributed by atoms with Gasteiger partial charge in [0.1, 0.15) is 11.8 Å². The van der Waals surface area contributed by atoms with Crippen molar-refractivity contribution in [1.29, 1.82) is 0 Å². The van der Waals surface area contributed by atoms with E-state index in [-0.39, 0.29) is 30.2 Å². The summed E-state index contributed by atoms with van der Waals surface area (Å²) in [7, 11) is 1.81. The normalized spacial score (nSPS) is 20.8. The fourth-order valence-electron chi connectivity index (χ4n) is 2.26. The van der Waals surface area contributed by atoms with E-state index in [1.807, 2.05) is 20.0 Å². The van der Waals surface area contributed by atoms with Gasteiger partial charge in [-0.05, 0) is 27.0 Å². The van der Waals surface area contributed by atoms with Crippen LogP contribution in [0.15, 0.2) is 18.2 Å². The smallest absolute Gasteiger partial charge is 0.249 e. The Bertz CT molecular complexity index is 544. The third-order valence-corrected chi connectivity index (χ3v) is 3.67. The first-order valence-electron chi connectivity index (χ1n) is 6.54. The Labute approximate surface area is 117 Å². The van der Waals surface area contributed by atoms with Gasteiger partial charge in [-0.25, -0.2) is 0 Å². The maximum atomic E-state index is 11.6. The molecule has 1 heterocycles. The number of carbonyl (C=O) groups excluding carboxylic acids is 2. The lowest BCUT2D eigenvalue weighted by Crippen LogP contribution is -2.57. The van der Waals surface area contributed by atoms with Crippen LogP contribution < -0.4 is 15.5 Å². The second-order valence-corrected chi connectivity index (χ2v) is 4.97. The van der Waals surface area contributed by atoms with E-state index in [1.165, 1.54) is 0 Å². The number of carbonyl (C=O) groups is 2. The molecule has 0 aromatic heterocycles. The number of imide groups is 1. The van der Waals surface area contributed by atoms with Crippen LogP contribution in [0.25, 0.3) is 0 Å². The molecule has 20 heavy (non-hydrogen) atoms. The summed E-state index contributed by atoms with van der Waals surface area (Å²) in [6.45, 7) is 3.77. The Morgan fingerprint density at radius 2 is 2.15 bits per heavy atom. The number of anilines is 1. The van der Waals surface area contributed by atoms with Crippen molar-refractivity contribution >= 4 is 17.5 Å². The van der Waals surface area contributed by atoms with Crippen LogP contribution in [-0.2, 0) is 9.59 Å². The zero-order valence-corrected chi connectivity index (χ0v) is 11.8. The average Bonchev–Trinajstić information content (AvgIpc) is 2.41. The summed E-state index contributed by atoms with van der Waals surface area (Å²) in [4.78, 5) is 24.8. The van der Waals surface area contributed by atoms with Gasteiger partial charge in [0.15, 0.2) is 0 Å². The Morgan fingerprint density at radius 3 is 2.75 bits per heavy atom. The first kappa shape index (κ1) is 14.3. The number of aromatic hydroxyl groups is 1. The fourth-order valence-corrected chi connectivity index (χ4v) is 2.26. The van der Waals surface area contributed by atoms with Gasteiger partial charge in [0.05, 0.1) is 6.54 Å². The molecule has 0 bridgehead atoms. The summed E-state index contributed by atoms with van der Waals surface area (Å²) >= 11 is 0. The van der Waals surface area contributed by atoms with Gasteiger partial charge in [0, 0.05) is 23.4 Å². The van der Waals surface area contributed by atoms with E-state index in [0.29, 0.717) is 5.69 Å². The SMILES string of the molecule is CNC(C)c1ccc(N2CC(=O)NC(=O)C2C)cc1O. The lowest BCUT2D eigenvalue weighted by Gasteiger charge is -2.33. The van der Waals surface area contributed by atoms with Crippen LogP contribution in [-0.4, -0.2) is 36.6 Å². The van der Waals surface area contributed by atoms with Crippen LogP contribution in [0.4, 0.5) is 5.69 Å². The molecule has 0 spiro atoms. The van der Waals surface area contributed by atoms with Gasteiger partial charge in [-0.2, -0.15) is 0 Å². The highest BCUT2D eigenvalue weighted by Gasteiger charge is 2.30. The number of benzene rings is 1. The quantitative estimate of drug-likeness (QED) is 0.702. The van der Waals surface area contributed by atoms with Crippen LogP contribution in [0.1, 0.15) is 25.5 Å². The Morgan fingerprint density at radius 1 is 1.45 bits per heavy atom. The summed E-state index contributed by atoms with van der Waals surface area (Å²) in [6, 6.07) is 4.78. The number of piperazine rings is 1. The predicted octanol–water partition coefficient (Wildman–Crippen LogP) is 0.524. The molecule has 1 aromatic carbocycles. The molecular formula is C14H19N3O3. The van der Waals surface area contributed by atoms with Crippen LogP contribution in [0, 0.1) is 0 Å². The van der Waals surface area contributed by atoms with Crippen LogP contribution >= 0.6 is 0 Å². The first-order valence-corrected chi connectivity index (χ1v) is 6.54. The number of amides is 2. The number of hydrogen-bond donors (Lipinski definition) is 3. The van der Waals surface area contributed by atoms with Crippen LogP contribution in [0.3, 0.4) is 0 Å². The predicted molar refractivity (Wildman–Crippen MR) is 75.5 cm³/mol. The van der Waals surface area contributed by atoms with Gasteiger partial charge in [-0.3, -0.25) is 14.9 Å². The minimum atomic E-state index is -0.445. The van der Waals surface area contributed by atoms with Crippen molar-refractivity contribution in [3.63, 3.8) is 0 Å². The van der Waals surface area contributed by atoms with Crippen LogP contribution in [0.5, 0.6) is 5.75 Å². The van der Waals surface area contributed by atoms with Crippen molar-refractivity contribution in [2.24, 2.45) is 0 Å². The maximum absolute atomic E-state index is 11.6. The molecule has 2 unspecified atom stereocenters. The summed E-state index contributed by atoms with van der Waals surface area (Å²) in [5, 5.41) is 15.4. The van der Waals surface area contributed by atoms with Gasteiger partial charge < -0.3 is 15.3 Å². The molecule has 1 aliphatic heterocycles. The molecule has 0 aliphatic carbocycles. The number of nitrogens with zero attached hydrogens (tertiary/aromatic N) is 1. The van der Waals surface area contributed by atoms with Crippen molar-refractivity contribution in [3.05, 3.63) is 23.8 Å². The molecule has 1 aromatic rings. The fraction of sp³-hybridized carbons (Fsp3) is 0.429. The summed E-state index contributed by atoms with van der Waals surface area (Å²) < 4.78 is 0. The van der Waals surface area contributed by atoms with Crippen molar-refractivity contribution in [1.82, 2.24) is 10.6 Å². The van der Waals surface area contributed by atoms with Crippen molar-refractivity contribution in [2.75, 3.05) is 18.5 Å². The lowest BCUT2D eigenvalue weighted by atomic mass is 10.1. The van der Waals surface area contributed by atoms with E-state index in [0.717, 1.165) is 5.56 Å². The molecule has 0 saturated carbocycles. The molecule has 1 aliphatic rings. The van der Waals surface area contributed by atoms with E-state index in [9.17, 15) is 14.7 Å². The van der Waals surface area contributed by atoms with Crippen LogP contribution in [0.2, 0.25) is 0 Å². The highest BCUT2D eigenvalue weighted by molar-refractivity contribution is 6.04. The van der Waals surface area contributed by atoms with Crippen molar-refractivity contribution in [3.8, 4) is 5.75 Å². The molecule has 3 N–H and O–H groups in total. The lowest BCUT2D eigenvalue weighted by molar-refractivity contribution is -0.132. The van der Waals surface area contributed by atoms with Crippen molar-refractivity contribution < 1.29 is 14.7 Å². The number of nitrogens with one attached hydrogen (secondary N) is 2. The minimum Gasteiger partial charge on any atom is -0.508 e. The Hall–Kier alpha value is -2.08. The van der Waals surface area contributed by atoms with E-state index >= 15 is 0 Å². The topological polar surface area (TPSA) is 81.7 Å². The van der Waals surface area contributed by atoms with Gasteiger partial charge >= 0.3 is 0 Å². The monoisotopic (exact) mass is 277 g/mol. The highest BCUT2D eigenvalue weighted by Crippen LogP contribution is 2.30. The molecule has 2 atom stereocenters. The van der Waals surface area contributed by atoms with Crippen molar-refractivity contribution in [2.45, 2.75) is 25.9 Å². The second-order valence-electron chi connectivity index (χ2n) is 4.97. The maximum Gasteiger partial charge on any atom is 0.249 e. The summed E-state index contributed by atoms with van der Waals surface area (Å²) in [5.74, 6) is -0.511. The Balaban J connectivity index is 2.31. The molecule has 0 radical (unpaired) electrons. The molecule has 2 rings (SSSR count). The van der Waals surface area contributed by atoms with E-state index < -0.39 is 6.04 Å². The molecule has 6 heteroatoms. The van der Waals surface area contributed by atoms with Gasteiger partial charge in [-0.15, -0.1) is 0 Å². The molecule has 108 valence electrons. The van der Waals surface area contributed by atoms with Gasteiger partial charge in [0.2, 0.25) is 11.8 Å². The number of hydrogen-bond acceptors (Lipinski definition) is 5. The second kappa shape index (κ2) is 5.50. The number of phenolic OH excluding ortho intramolecular Hbond substituents is 1. The summed E-state index contributed by atoms with van der Waals surface area (Å²) in [5.41, 5.74) is 1.43. The van der Waals surface area contributed by atoms with E-state index in [4.69, 9.17) is 0 Å². The number of rotatable bonds is 3. The average molecular weight is 277 g/mol. The molecule has 1 fully saturated rings. The zero-order valence-electron chi connectivity index (χ0n) is 11.8. The highest BCUT2D eigenvalue weighted by atomic mass is 16.3. The first-order chi connectivity index (χ1) is 9.43. The number of phenols is 1. The molecular weight excluding hydrogens is 258 g/mol. The molecule has 6 nitrogen and oxygen atoms in total. The summed E-state index contributed by atoms with van der Waals surface area (Å²) in [6.07, 6.45) is 0. The van der Waals surface area contributed by atoms with E-state index in [1.54, 1.807) is 24.0 Å². The largest absolute Gasteiger partial charge is 0.508 e. The molecule has 2 amide bonds. The third kappa shape index (κ3) is 2.60. The van der Waals surface area contributed by atoms with Gasteiger partial charge in [-0.1, -0.05) is 6.07 Å². The third-order valence-electron chi connectivity index (χ3n) is 3.67. The standard InChI is InChI=1S/C14H19N3O3/c1-8(15-3)11-5-4-10(6-12(11)18)17-7-13(19)16-14(20)9(17)2/h4-6,8-9,15,18H,7H2,1-3H3,(H,16,19,20).